The van der Waals surface area contributed by atoms with Gasteiger partial charge in [0, 0.05) is 12.0 Å². The molecule has 0 fully saturated rings. The van der Waals surface area contributed by atoms with Crippen molar-refractivity contribution in [2.75, 3.05) is 0 Å². The second-order valence-electron chi connectivity index (χ2n) is 6.35. The van der Waals surface area contributed by atoms with Gasteiger partial charge in [0.1, 0.15) is 15.9 Å². The minimum atomic E-state index is -1.06. The van der Waals surface area contributed by atoms with Gasteiger partial charge in [-0.05, 0) is 19.4 Å². The summed E-state index contributed by atoms with van der Waals surface area (Å²) in [4.78, 5) is 29.2. The van der Waals surface area contributed by atoms with Gasteiger partial charge in [0.05, 0.1) is 5.69 Å². The molecular formula is C21H20N2O3S. The minimum Gasteiger partial charge on any atom is -0.480 e. The van der Waals surface area contributed by atoms with Crippen LogP contribution in [-0.4, -0.2) is 28.0 Å². The van der Waals surface area contributed by atoms with Crippen LogP contribution in [0.15, 0.2) is 54.6 Å². The van der Waals surface area contributed by atoms with Crippen molar-refractivity contribution in [3.63, 3.8) is 0 Å². The van der Waals surface area contributed by atoms with Crippen molar-refractivity contribution in [3.05, 3.63) is 76.3 Å². The smallest absolute Gasteiger partial charge is 0.326 e. The largest absolute Gasteiger partial charge is 0.480 e. The number of carbonyl (C=O) groups is 2. The first-order valence-corrected chi connectivity index (χ1v) is 9.38. The van der Waals surface area contributed by atoms with E-state index in [4.69, 9.17) is 0 Å². The van der Waals surface area contributed by atoms with E-state index in [9.17, 15) is 14.7 Å². The van der Waals surface area contributed by atoms with Gasteiger partial charge in [0.2, 0.25) is 0 Å². The lowest BCUT2D eigenvalue weighted by Gasteiger charge is -2.14. The van der Waals surface area contributed by atoms with Crippen LogP contribution in [0.1, 0.15) is 26.5 Å². The number of aryl methyl sites for hydroxylation is 2. The first-order valence-electron chi connectivity index (χ1n) is 8.56. The highest BCUT2D eigenvalue weighted by Crippen LogP contribution is 2.28. The number of hydrogen-bond donors (Lipinski definition) is 2. The molecule has 0 spiro atoms. The number of aliphatic carboxylic acids is 1. The molecule has 0 aliphatic heterocycles. The molecular weight excluding hydrogens is 360 g/mol. The third-order valence-electron chi connectivity index (χ3n) is 4.19. The summed E-state index contributed by atoms with van der Waals surface area (Å²) in [6, 6.07) is 16.2. The van der Waals surface area contributed by atoms with Gasteiger partial charge >= 0.3 is 5.97 Å². The molecule has 1 heterocycles. The summed E-state index contributed by atoms with van der Waals surface area (Å²) >= 11 is 1.27. The molecule has 0 unspecified atom stereocenters. The summed E-state index contributed by atoms with van der Waals surface area (Å²) in [6.45, 7) is 3.77. The molecule has 138 valence electrons. The van der Waals surface area contributed by atoms with Crippen LogP contribution < -0.4 is 5.32 Å². The zero-order chi connectivity index (χ0) is 19.4. The summed E-state index contributed by atoms with van der Waals surface area (Å²) in [7, 11) is 0. The number of aromatic nitrogens is 1. The second-order valence-corrected chi connectivity index (χ2v) is 7.35. The zero-order valence-corrected chi connectivity index (χ0v) is 15.9. The zero-order valence-electron chi connectivity index (χ0n) is 15.1. The molecule has 0 aliphatic carbocycles. The molecule has 0 bridgehead atoms. The van der Waals surface area contributed by atoms with Crippen LogP contribution in [0.4, 0.5) is 0 Å². The third-order valence-corrected chi connectivity index (χ3v) is 5.39. The number of carboxylic acids is 1. The summed E-state index contributed by atoms with van der Waals surface area (Å²) in [5.74, 6) is -1.47. The number of nitrogens with one attached hydrogen (secondary N) is 1. The number of nitrogens with zero attached hydrogens (tertiary/aromatic N) is 1. The van der Waals surface area contributed by atoms with Crippen molar-refractivity contribution in [1.29, 1.82) is 0 Å². The third kappa shape index (κ3) is 4.60. The quantitative estimate of drug-likeness (QED) is 0.681. The second kappa shape index (κ2) is 8.14. The topological polar surface area (TPSA) is 79.3 Å². The number of benzene rings is 2. The number of hydrogen-bond acceptors (Lipinski definition) is 4. The highest BCUT2D eigenvalue weighted by molar-refractivity contribution is 7.17. The Hall–Kier alpha value is -2.99. The lowest BCUT2D eigenvalue weighted by atomic mass is 10.1. The normalized spacial score (nSPS) is 11.8. The first-order chi connectivity index (χ1) is 12.9. The summed E-state index contributed by atoms with van der Waals surface area (Å²) < 4.78 is 0. The number of thiazole rings is 1. The van der Waals surface area contributed by atoms with E-state index in [0.29, 0.717) is 10.6 Å². The maximum Gasteiger partial charge on any atom is 0.326 e. The van der Waals surface area contributed by atoms with Crippen molar-refractivity contribution in [1.82, 2.24) is 10.3 Å². The molecule has 0 aliphatic rings. The van der Waals surface area contributed by atoms with Gasteiger partial charge < -0.3 is 10.4 Å². The van der Waals surface area contributed by atoms with E-state index >= 15 is 0 Å². The van der Waals surface area contributed by atoms with Crippen LogP contribution in [0.3, 0.4) is 0 Å². The molecule has 0 radical (unpaired) electrons. The average Bonchev–Trinajstić information content (AvgIpc) is 3.04. The van der Waals surface area contributed by atoms with Gasteiger partial charge in [-0.3, -0.25) is 4.79 Å². The van der Waals surface area contributed by atoms with Crippen LogP contribution in [0.5, 0.6) is 0 Å². The Balaban J connectivity index is 1.78. The fourth-order valence-electron chi connectivity index (χ4n) is 2.70. The van der Waals surface area contributed by atoms with Crippen LogP contribution in [0, 0.1) is 13.8 Å². The number of rotatable bonds is 6. The van der Waals surface area contributed by atoms with E-state index in [0.717, 1.165) is 21.7 Å². The standard InChI is InChI=1S/C21H20N2O3S/c1-13-8-10-16(11-9-13)20-22-14(2)18(27-20)19(24)23-17(21(25)26)12-15-6-4-3-5-7-15/h3-11,17H,12H2,1-2H3,(H,23,24)(H,25,26)/t17-/m0/s1. The van der Waals surface area contributed by atoms with E-state index in [-0.39, 0.29) is 6.42 Å². The van der Waals surface area contributed by atoms with Gasteiger partial charge in [-0.15, -0.1) is 11.3 Å². The van der Waals surface area contributed by atoms with Crippen LogP contribution in [0.25, 0.3) is 10.6 Å². The van der Waals surface area contributed by atoms with Crippen LogP contribution in [0.2, 0.25) is 0 Å². The molecule has 1 aromatic heterocycles. The summed E-state index contributed by atoms with van der Waals surface area (Å²) in [6.07, 6.45) is 0.227. The SMILES string of the molecule is Cc1ccc(-c2nc(C)c(C(=O)N[C@@H](Cc3ccccc3)C(=O)O)s2)cc1. The van der Waals surface area contributed by atoms with Gasteiger partial charge in [-0.2, -0.15) is 0 Å². The van der Waals surface area contributed by atoms with Gasteiger partial charge in [0.25, 0.3) is 5.91 Å². The van der Waals surface area contributed by atoms with Crippen molar-refractivity contribution in [2.24, 2.45) is 0 Å². The van der Waals surface area contributed by atoms with Gasteiger partial charge in [-0.25, -0.2) is 9.78 Å². The predicted molar refractivity (Wildman–Crippen MR) is 106 cm³/mol. The maximum absolute atomic E-state index is 12.7. The molecule has 3 aromatic rings. The predicted octanol–water partition coefficient (Wildman–Crippen LogP) is 3.85. The van der Waals surface area contributed by atoms with Crippen molar-refractivity contribution >= 4 is 23.2 Å². The molecule has 0 saturated heterocycles. The Morgan fingerprint density at radius 3 is 2.37 bits per heavy atom. The van der Waals surface area contributed by atoms with E-state index < -0.39 is 17.9 Å². The Kier molecular flexibility index (Phi) is 5.66. The number of amides is 1. The fraction of sp³-hybridized carbons (Fsp3) is 0.190. The van der Waals surface area contributed by atoms with E-state index in [2.05, 4.69) is 10.3 Å². The molecule has 3 rings (SSSR count). The molecule has 1 amide bonds. The number of carboxylic acid groups (broad SMARTS) is 1. The van der Waals surface area contributed by atoms with Crippen molar-refractivity contribution in [3.8, 4) is 10.6 Å². The monoisotopic (exact) mass is 380 g/mol. The van der Waals surface area contributed by atoms with E-state index in [1.807, 2.05) is 61.5 Å². The molecule has 1 atom stereocenters. The highest BCUT2D eigenvalue weighted by atomic mass is 32.1. The first kappa shape index (κ1) is 18.8. The molecule has 2 aromatic carbocycles. The summed E-state index contributed by atoms with van der Waals surface area (Å²) in [5, 5.41) is 12.9. The molecule has 6 heteroatoms. The van der Waals surface area contributed by atoms with Gasteiger partial charge in [0.15, 0.2) is 0 Å². The maximum atomic E-state index is 12.7. The molecule has 0 saturated carbocycles. The highest BCUT2D eigenvalue weighted by Gasteiger charge is 2.24. The average molecular weight is 380 g/mol. The Bertz CT molecular complexity index is 949. The van der Waals surface area contributed by atoms with E-state index in [1.54, 1.807) is 6.92 Å². The minimum absolute atomic E-state index is 0.227. The molecule has 27 heavy (non-hydrogen) atoms. The van der Waals surface area contributed by atoms with E-state index in [1.165, 1.54) is 11.3 Å². The van der Waals surface area contributed by atoms with Crippen LogP contribution in [-0.2, 0) is 11.2 Å². The Labute approximate surface area is 161 Å². The summed E-state index contributed by atoms with van der Waals surface area (Å²) in [5.41, 5.74) is 3.53. The van der Waals surface area contributed by atoms with Crippen molar-refractivity contribution < 1.29 is 14.7 Å². The van der Waals surface area contributed by atoms with Gasteiger partial charge in [-0.1, -0.05) is 60.2 Å². The molecule has 5 nitrogen and oxygen atoms in total. The Morgan fingerprint density at radius 1 is 1.07 bits per heavy atom. The fourth-order valence-corrected chi connectivity index (χ4v) is 3.68. The lowest BCUT2D eigenvalue weighted by molar-refractivity contribution is -0.139. The lowest BCUT2D eigenvalue weighted by Crippen LogP contribution is -2.42. The Morgan fingerprint density at radius 2 is 1.74 bits per heavy atom. The molecule has 2 N–H and O–H groups in total. The van der Waals surface area contributed by atoms with Crippen molar-refractivity contribution in [2.45, 2.75) is 26.3 Å². The van der Waals surface area contributed by atoms with Crippen LogP contribution >= 0.6 is 11.3 Å². The number of carbonyl (C=O) groups excluding carboxylic acids is 1.